The third kappa shape index (κ3) is 4.87. The Balaban J connectivity index is 1.36. The molecule has 1 aliphatic carbocycles. The third-order valence-corrected chi connectivity index (χ3v) is 10.8. The van der Waals surface area contributed by atoms with Crippen LogP contribution in [0.1, 0.15) is 34.9 Å². The van der Waals surface area contributed by atoms with Crippen LogP contribution in [-0.2, 0) is 21.2 Å². The minimum Gasteiger partial charge on any atom is -0.330 e. The second kappa shape index (κ2) is 10.3. The summed E-state index contributed by atoms with van der Waals surface area (Å²) in [6, 6.07) is 19.7. The molecule has 1 aliphatic heterocycles. The molecule has 0 saturated heterocycles. The maximum absolute atomic E-state index is 14.0. The predicted octanol–water partition coefficient (Wildman–Crippen LogP) is 6.78. The van der Waals surface area contributed by atoms with Gasteiger partial charge in [-0.2, -0.15) is 4.31 Å². The van der Waals surface area contributed by atoms with E-state index in [-0.39, 0.29) is 23.3 Å². The Morgan fingerprint density at radius 2 is 1.79 bits per heavy atom. The highest BCUT2D eigenvalue weighted by molar-refractivity contribution is 7.89. The minimum absolute atomic E-state index is 0.219. The molecule has 4 aromatic rings. The highest BCUT2D eigenvalue weighted by Gasteiger charge is 2.38. The van der Waals surface area contributed by atoms with E-state index in [0.717, 1.165) is 35.8 Å². The normalized spacial score (nSPS) is 17.7. The molecule has 0 N–H and O–H groups in total. The van der Waals surface area contributed by atoms with Crippen molar-refractivity contribution in [2.24, 2.45) is 5.92 Å². The molecule has 2 aliphatic rings. The summed E-state index contributed by atoms with van der Waals surface area (Å²) in [7, 11) is -3.92. The average molecular weight is 586 g/mol. The molecule has 5 nitrogen and oxygen atoms in total. The number of sulfonamides is 1. The van der Waals surface area contributed by atoms with Crippen molar-refractivity contribution in [3.63, 3.8) is 0 Å². The number of halogens is 2. The van der Waals surface area contributed by atoms with Crippen LogP contribution in [0.5, 0.6) is 0 Å². The number of rotatable bonds is 7. The lowest BCUT2D eigenvalue weighted by molar-refractivity contribution is -0.133. The van der Waals surface area contributed by atoms with E-state index in [1.165, 1.54) is 9.18 Å². The minimum atomic E-state index is -3.92. The largest absolute Gasteiger partial charge is 0.330 e. The number of nitrogens with zero attached hydrogens (tertiary/aromatic N) is 2. The summed E-state index contributed by atoms with van der Waals surface area (Å²) in [5.41, 5.74) is 1.82. The molecule has 196 valence electrons. The van der Waals surface area contributed by atoms with Gasteiger partial charge in [-0.15, -0.1) is 11.3 Å². The maximum atomic E-state index is 14.0. The van der Waals surface area contributed by atoms with Gasteiger partial charge in [0.2, 0.25) is 15.9 Å². The Bertz CT molecular complexity index is 1630. The van der Waals surface area contributed by atoms with Crippen molar-refractivity contribution in [1.29, 1.82) is 0 Å². The quantitative estimate of drug-likeness (QED) is 0.240. The molecule has 2 heterocycles. The molecule has 0 radical (unpaired) electrons. The Hall–Kier alpha value is -2.42. The second-order valence-corrected chi connectivity index (χ2v) is 13.7. The molecule has 6 rings (SSSR count). The molecule has 0 spiro atoms. The molecule has 0 bridgehead atoms. The summed E-state index contributed by atoms with van der Waals surface area (Å²) in [5, 5.41) is 4.55. The zero-order valence-corrected chi connectivity index (χ0v) is 23.7. The maximum Gasteiger partial charge on any atom is 0.244 e. The van der Waals surface area contributed by atoms with E-state index in [9.17, 15) is 13.2 Å². The van der Waals surface area contributed by atoms with Gasteiger partial charge in [-0.3, -0.25) is 4.79 Å². The van der Waals surface area contributed by atoms with Gasteiger partial charge < -0.3 is 4.90 Å². The Kier molecular flexibility index (Phi) is 6.99. The van der Waals surface area contributed by atoms with Gasteiger partial charge in [0.25, 0.3) is 0 Å². The van der Waals surface area contributed by atoms with Gasteiger partial charge >= 0.3 is 0 Å². The number of hydrogen-bond donors (Lipinski definition) is 0. The Morgan fingerprint density at radius 1 is 1.00 bits per heavy atom. The molecule has 3 aromatic carbocycles. The SMILES string of the molecule is O=C(CN(CC1CC1)S(=O)(=O)c1cccc2ccccc12)N1CCc2sccc2C1c1ccc(Cl)cc1Cl. The Morgan fingerprint density at radius 3 is 2.58 bits per heavy atom. The van der Waals surface area contributed by atoms with E-state index >= 15 is 0 Å². The highest BCUT2D eigenvalue weighted by atomic mass is 35.5. The van der Waals surface area contributed by atoms with Crippen molar-refractivity contribution in [3.8, 4) is 0 Å². The van der Waals surface area contributed by atoms with Crippen LogP contribution in [0.25, 0.3) is 10.8 Å². The standard InChI is InChI=1S/C29H26Cl2N2O3S2/c30-21-10-11-23(25(31)16-21)29-24-13-15-37-26(24)12-14-33(29)28(34)18-32(17-19-8-9-19)38(35,36)27-7-3-5-20-4-1-2-6-22(20)27/h1-7,10-11,13,15-16,19,29H,8-9,12,14,17-18H2. The molecular formula is C29H26Cl2N2O3S2. The van der Waals surface area contributed by atoms with Gasteiger partial charge in [0, 0.05) is 33.4 Å². The zero-order valence-electron chi connectivity index (χ0n) is 20.5. The highest BCUT2D eigenvalue weighted by Crippen LogP contribution is 2.41. The Labute approximate surface area is 236 Å². The first-order valence-electron chi connectivity index (χ1n) is 12.6. The first-order chi connectivity index (χ1) is 18.3. The first-order valence-corrected chi connectivity index (χ1v) is 15.7. The van der Waals surface area contributed by atoms with Crippen LogP contribution < -0.4 is 0 Å². The summed E-state index contributed by atoms with van der Waals surface area (Å²) in [4.78, 5) is 17.2. The van der Waals surface area contributed by atoms with E-state index in [1.54, 1.807) is 40.5 Å². The lowest BCUT2D eigenvalue weighted by Gasteiger charge is -2.38. The fourth-order valence-corrected chi connectivity index (χ4v) is 8.38. The topological polar surface area (TPSA) is 57.7 Å². The third-order valence-electron chi connectivity index (χ3n) is 7.38. The van der Waals surface area contributed by atoms with Gasteiger partial charge in [-0.1, -0.05) is 65.7 Å². The van der Waals surface area contributed by atoms with Crippen molar-refractivity contribution in [2.45, 2.75) is 30.2 Å². The summed E-state index contributed by atoms with van der Waals surface area (Å²) in [6.45, 7) is 0.603. The molecule has 1 unspecified atom stereocenters. The molecule has 1 aromatic heterocycles. The van der Waals surface area contributed by atoms with Crippen LogP contribution in [0.4, 0.5) is 0 Å². The summed E-state index contributed by atoms with van der Waals surface area (Å²) < 4.78 is 29.5. The molecule has 9 heteroatoms. The van der Waals surface area contributed by atoms with Crippen molar-refractivity contribution in [3.05, 3.63) is 98.2 Å². The summed E-state index contributed by atoms with van der Waals surface area (Å²) >= 11 is 14.5. The number of benzene rings is 3. The van der Waals surface area contributed by atoms with E-state index in [4.69, 9.17) is 23.2 Å². The van der Waals surface area contributed by atoms with Crippen LogP contribution >= 0.6 is 34.5 Å². The van der Waals surface area contributed by atoms with Gasteiger partial charge in [0.15, 0.2) is 0 Å². The van der Waals surface area contributed by atoms with E-state index < -0.39 is 16.1 Å². The predicted molar refractivity (Wildman–Crippen MR) is 153 cm³/mol. The second-order valence-electron chi connectivity index (χ2n) is 9.92. The number of thiophene rings is 1. The smallest absolute Gasteiger partial charge is 0.244 e. The summed E-state index contributed by atoms with van der Waals surface area (Å²) in [5.74, 6) is 0.0428. The summed E-state index contributed by atoms with van der Waals surface area (Å²) in [6.07, 6.45) is 2.67. The molecule has 1 amide bonds. The van der Waals surface area contributed by atoms with E-state index in [1.807, 2.05) is 47.8 Å². The van der Waals surface area contributed by atoms with Gasteiger partial charge in [0.1, 0.15) is 0 Å². The lowest BCUT2D eigenvalue weighted by atomic mass is 9.93. The van der Waals surface area contributed by atoms with Crippen molar-refractivity contribution < 1.29 is 13.2 Å². The first kappa shape index (κ1) is 25.8. The van der Waals surface area contributed by atoms with Gasteiger partial charge in [0.05, 0.1) is 17.5 Å². The fourth-order valence-electron chi connectivity index (χ4n) is 5.28. The van der Waals surface area contributed by atoms with Crippen LogP contribution in [0, 0.1) is 5.92 Å². The molecule has 1 fully saturated rings. The fraction of sp³-hybridized carbons (Fsp3) is 0.276. The van der Waals surface area contributed by atoms with Crippen molar-refractivity contribution in [2.75, 3.05) is 19.6 Å². The van der Waals surface area contributed by atoms with Gasteiger partial charge in [-0.25, -0.2) is 8.42 Å². The van der Waals surface area contributed by atoms with Crippen LogP contribution in [-0.4, -0.2) is 43.2 Å². The molecule has 38 heavy (non-hydrogen) atoms. The number of carbonyl (C=O) groups excluding carboxylic acids is 1. The lowest BCUT2D eigenvalue weighted by Crippen LogP contribution is -2.47. The number of fused-ring (bicyclic) bond motifs is 2. The average Bonchev–Trinajstić information content (AvgIpc) is 3.60. The van der Waals surface area contributed by atoms with Gasteiger partial charge in [-0.05, 0) is 71.3 Å². The zero-order chi connectivity index (χ0) is 26.4. The van der Waals surface area contributed by atoms with Crippen molar-refractivity contribution in [1.82, 2.24) is 9.21 Å². The van der Waals surface area contributed by atoms with Crippen LogP contribution in [0.15, 0.2) is 77.0 Å². The van der Waals surface area contributed by atoms with Crippen LogP contribution in [0.3, 0.4) is 0 Å². The number of amides is 1. The monoisotopic (exact) mass is 584 g/mol. The number of carbonyl (C=O) groups is 1. The number of hydrogen-bond acceptors (Lipinski definition) is 4. The van der Waals surface area contributed by atoms with E-state index in [2.05, 4.69) is 0 Å². The van der Waals surface area contributed by atoms with Crippen molar-refractivity contribution >= 4 is 61.2 Å². The molecular weight excluding hydrogens is 559 g/mol. The van der Waals surface area contributed by atoms with Crippen LogP contribution in [0.2, 0.25) is 10.0 Å². The van der Waals surface area contributed by atoms with E-state index in [0.29, 0.717) is 28.5 Å². The molecule has 1 atom stereocenters. The molecule has 1 saturated carbocycles.